The standard InChI is InChI=1S/C16H22N4O/c1-9-10(2)19-15-12(16(18)21)5-6-13(14(9)15)20-7-3-4-11(17)8-20/h5-6,11,19H,3-4,7-8,17H2,1-2H3,(H2,18,21). The molecule has 0 bridgehead atoms. The molecule has 0 radical (unpaired) electrons. The maximum Gasteiger partial charge on any atom is 0.250 e. The summed E-state index contributed by atoms with van der Waals surface area (Å²) in [5.41, 5.74) is 16.4. The number of rotatable bonds is 2. The minimum Gasteiger partial charge on any atom is -0.369 e. The van der Waals surface area contributed by atoms with Gasteiger partial charge in [0.1, 0.15) is 0 Å². The Labute approximate surface area is 124 Å². The monoisotopic (exact) mass is 286 g/mol. The number of fused-ring (bicyclic) bond motifs is 1. The zero-order valence-electron chi connectivity index (χ0n) is 12.6. The lowest BCUT2D eigenvalue weighted by molar-refractivity contribution is 0.100. The van der Waals surface area contributed by atoms with Crippen LogP contribution >= 0.6 is 0 Å². The molecular formula is C16H22N4O. The van der Waals surface area contributed by atoms with E-state index in [1.807, 2.05) is 19.1 Å². The van der Waals surface area contributed by atoms with E-state index in [9.17, 15) is 4.79 Å². The van der Waals surface area contributed by atoms with Crippen molar-refractivity contribution in [2.75, 3.05) is 18.0 Å². The number of nitrogens with zero attached hydrogens (tertiary/aromatic N) is 1. The largest absolute Gasteiger partial charge is 0.369 e. The van der Waals surface area contributed by atoms with Crippen LogP contribution in [0.5, 0.6) is 0 Å². The molecule has 1 saturated heterocycles. The molecule has 0 spiro atoms. The number of H-pyrrole nitrogens is 1. The quantitative estimate of drug-likeness (QED) is 0.786. The van der Waals surface area contributed by atoms with E-state index >= 15 is 0 Å². The fourth-order valence-corrected chi connectivity index (χ4v) is 3.27. The second kappa shape index (κ2) is 5.07. The number of nitrogens with two attached hydrogens (primary N) is 2. The molecule has 5 heteroatoms. The normalized spacial score (nSPS) is 19.2. The molecule has 1 aromatic carbocycles. The number of nitrogens with one attached hydrogen (secondary N) is 1. The fraction of sp³-hybridized carbons (Fsp3) is 0.438. The van der Waals surface area contributed by atoms with Crippen LogP contribution in [0.25, 0.3) is 10.9 Å². The summed E-state index contributed by atoms with van der Waals surface area (Å²) in [6.07, 6.45) is 2.17. The zero-order valence-corrected chi connectivity index (χ0v) is 12.6. The van der Waals surface area contributed by atoms with Crippen LogP contribution in [-0.2, 0) is 0 Å². The van der Waals surface area contributed by atoms with Crippen molar-refractivity contribution in [1.29, 1.82) is 0 Å². The van der Waals surface area contributed by atoms with Gasteiger partial charge in [0.2, 0.25) is 0 Å². The van der Waals surface area contributed by atoms with Crippen LogP contribution in [-0.4, -0.2) is 30.0 Å². The molecule has 1 atom stereocenters. The highest BCUT2D eigenvalue weighted by molar-refractivity contribution is 6.10. The number of hydrogen-bond acceptors (Lipinski definition) is 3. The molecule has 1 aromatic heterocycles. The Morgan fingerprint density at radius 1 is 1.38 bits per heavy atom. The molecule has 1 amide bonds. The minimum absolute atomic E-state index is 0.213. The van der Waals surface area contributed by atoms with E-state index in [0.29, 0.717) is 5.56 Å². The summed E-state index contributed by atoms with van der Waals surface area (Å²) in [6, 6.07) is 4.03. The Kier molecular flexibility index (Phi) is 3.37. The summed E-state index contributed by atoms with van der Waals surface area (Å²) in [7, 11) is 0. The number of piperidine rings is 1. The predicted molar refractivity (Wildman–Crippen MR) is 85.7 cm³/mol. The van der Waals surface area contributed by atoms with Crippen LogP contribution in [0.3, 0.4) is 0 Å². The van der Waals surface area contributed by atoms with Crippen molar-refractivity contribution < 1.29 is 4.79 Å². The third-order valence-electron chi connectivity index (χ3n) is 4.50. The Morgan fingerprint density at radius 2 is 2.14 bits per heavy atom. The first-order chi connectivity index (χ1) is 9.99. The van der Waals surface area contributed by atoms with Gasteiger partial charge >= 0.3 is 0 Å². The second-order valence-electron chi connectivity index (χ2n) is 5.97. The van der Waals surface area contributed by atoms with Gasteiger partial charge < -0.3 is 21.4 Å². The van der Waals surface area contributed by atoms with Crippen molar-refractivity contribution >= 4 is 22.5 Å². The maximum atomic E-state index is 11.6. The van der Waals surface area contributed by atoms with Crippen molar-refractivity contribution in [3.63, 3.8) is 0 Å². The number of benzene rings is 1. The number of anilines is 1. The van der Waals surface area contributed by atoms with E-state index in [2.05, 4.69) is 16.8 Å². The summed E-state index contributed by atoms with van der Waals surface area (Å²) < 4.78 is 0. The van der Waals surface area contributed by atoms with E-state index < -0.39 is 5.91 Å². The fourth-order valence-electron chi connectivity index (χ4n) is 3.27. The molecule has 0 saturated carbocycles. The first-order valence-electron chi connectivity index (χ1n) is 7.41. The summed E-state index contributed by atoms with van der Waals surface area (Å²) >= 11 is 0. The number of aryl methyl sites for hydroxylation is 2. The van der Waals surface area contributed by atoms with Crippen molar-refractivity contribution in [3.05, 3.63) is 29.0 Å². The number of hydrogen-bond donors (Lipinski definition) is 3. The van der Waals surface area contributed by atoms with Gasteiger partial charge in [0.15, 0.2) is 0 Å². The van der Waals surface area contributed by atoms with Gasteiger partial charge in [-0.25, -0.2) is 0 Å². The zero-order chi connectivity index (χ0) is 15.1. The molecule has 3 rings (SSSR count). The summed E-state index contributed by atoms with van der Waals surface area (Å²) in [5.74, 6) is -0.400. The number of primary amides is 1. The van der Waals surface area contributed by atoms with Crippen molar-refractivity contribution in [2.24, 2.45) is 11.5 Å². The van der Waals surface area contributed by atoms with Crippen LogP contribution in [0, 0.1) is 13.8 Å². The minimum atomic E-state index is -0.400. The molecule has 2 heterocycles. The van der Waals surface area contributed by atoms with Gasteiger partial charge in [-0.2, -0.15) is 0 Å². The Hall–Kier alpha value is -2.01. The Balaban J connectivity index is 2.19. The molecule has 21 heavy (non-hydrogen) atoms. The molecule has 1 aliphatic rings. The second-order valence-corrected chi connectivity index (χ2v) is 5.97. The number of aromatic nitrogens is 1. The van der Waals surface area contributed by atoms with Crippen LogP contribution in [0.4, 0.5) is 5.69 Å². The van der Waals surface area contributed by atoms with E-state index in [-0.39, 0.29) is 6.04 Å². The molecule has 5 N–H and O–H groups in total. The van der Waals surface area contributed by atoms with Crippen LogP contribution in [0.1, 0.15) is 34.5 Å². The molecular weight excluding hydrogens is 264 g/mol. The summed E-state index contributed by atoms with van der Waals surface area (Å²) in [4.78, 5) is 17.3. The van der Waals surface area contributed by atoms with Gasteiger partial charge in [-0.15, -0.1) is 0 Å². The number of aromatic amines is 1. The third-order valence-corrected chi connectivity index (χ3v) is 4.50. The third kappa shape index (κ3) is 2.27. The lowest BCUT2D eigenvalue weighted by Gasteiger charge is -2.33. The lowest BCUT2D eigenvalue weighted by Crippen LogP contribution is -2.42. The highest BCUT2D eigenvalue weighted by Crippen LogP contribution is 2.34. The molecule has 1 fully saturated rings. The average Bonchev–Trinajstić information content (AvgIpc) is 2.74. The summed E-state index contributed by atoms with van der Waals surface area (Å²) in [6.45, 7) is 5.95. The predicted octanol–water partition coefficient (Wildman–Crippen LogP) is 1.81. The van der Waals surface area contributed by atoms with Crippen molar-refractivity contribution in [3.8, 4) is 0 Å². The van der Waals surface area contributed by atoms with Gasteiger partial charge in [-0.1, -0.05) is 0 Å². The topological polar surface area (TPSA) is 88.1 Å². The molecule has 0 aliphatic carbocycles. The van der Waals surface area contributed by atoms with Crippen LogP contribution in [0.2, 0.25) is 0 Å². The SMILES string of the molecule is Cc1[nH]c2c(C(N)=O)ccc(N3CCCC(N)C3)c2c1C. The van der Waals surface area contributed by atoms with Gasteiger partial charge in [-0.3, -0.25) is 4.79 Å². The van der Waals surface area contributed by atoms with Crippen LogP contribution in [0.15, 0.2) is 12.1 Å². The van der Waals surface area contributed by atoms with Crippen molar-refractivity contribution in [2.45, 2.75) is 32.7 Å². The Morgan fingerprint density at radius 3 is 2.81 bits per heavy atom. The van der Waals surface area contributed by atoms with E-state index in [1.165, 1.54) is 5.56 Å². The average molecular weight is 286 g/mol. The number of amides is 1. The van der Waals surface area contributed by atoms with Gasteiger partial charge in [0.05, 0.1) is 11.1 Å². The highest BCUT2D eigenvalue weighted by atomic mass is 16.1. The lowest BCUT2D eigenvalue weighted by atomic mass is 10.0. The summed E-state index contributed by atoms with van der Waals surface area (Å²) in [5, 5.41) is 1.10. The molecule has 2 aromatic rings. The maximum absolute atomic E-state index is 11.6. The highest BCUT2D eigenvalue weighted by Gasteiger charge is 2.22. The van der Waals surface area contributed by atoms with Gasteiger partial charge in [-0.05, 0) is 44.4 Å². The van der Waals surface area contributed by atoms with Gasteiger partial charge in [0.25, 0.3) is 5.91 Å². The molecule has 1 aliphatic heterocycles. The first kappa shape index (κ1) is 13.9. The van der Waals surface area contributed by atoms with Crippen molar-refractivity contribution in [1.82, 2.24) is 4.98 Å². The van der Waals surface area contributed by atoms with E-state index in [1.54, 1.807) is 0 Å². The number of carbonyl (C=O) groups is 1. The molecule has 112 valence electrons. The van der Waals surface area contributed by atoms with Crippen LogP contribution < -0.4 is 16.4 Å². The van der Waals surface area contributed by atoms with E-state index in [4.69, 9.17) is 11.5 Å². The molecule has 1 unspecified atom stereocenters. The molecule has 5 nitrogen and oxygen atoms in total. The first-order valence-corrected chi connectivity index (χ1v) is 7.41. The van der Waals surface area contributed by atoms with E-state index in [0.717, 1.165) is 48.2 Å². The smallest absolute Gasteiger partial charge is 0.250 e. The van der Waals surface area contributed by atoms with Gasteiger partial charge in [0, 0.05) is 35.9 Å². The number of carbonyl (C=O) groups excluding carboxylic acids is 1. The Bertz CT molecular complexity index is 704.